The summed E-state index contributed by atoms with van der Waals surface area (Å²) in [6, 6.07) is 27.1. The van der Waals surface area contributed by atoms with Gasteiger partial charge in [0.05, 0.1) is 36.1 Å². The van der Waals surface area contributed by atoms with Crippen molar-refractivity contribution in [2.45, 2.75) is 12.5 Å². The molecule has 1 N–H and O–H groups in total. The number of aromatic nitrogens is 4. The average Bonchev–Trinajstić information content (AvgIpc) is 3.34. The van der Waals surface area contributed by atoms with Crippen LogP contribution in [0.25, 0.3) is 22.6 Å². The fourth-order valence-electron chi connectivity index (χ4n) is 3.96. The zero-order valence-corrected chi connectivity index (χ0v) is 18.8. The molecular weight excluding hydrogens is 443 g/mol. The first-order chi connectivity index (χ1) is 17.2. The highest BCUT2D eigenvalue weighted by molar-refractivity contribution is 5.77. The van der Waals surface area contributed by atoms with Gasteiger partial charge in [0, 0.05) is 11.8 Å². The molecule has 5 rings (SSSR count). The minimum Gasteiger partial charge on any atom is -0.424 e. The van der Waals surface area contributed by atoms with Gasteiger partial charge in [-0.25, -0.2) is 14.4 Å². The number of aliphatic hydroxyl groups is 1. The number of rotatable bonds is 8. The van der Waals surface area contributed by atoms with Crippen LogP contribution in [0, 0.1) is 5.82 Å². The third-order valence-electron chi connectivity index (χ3n) is 5.66. The summed E-state index contributed by atoms with van der Waals surface area (Å²) in [5, 5.41) is 10.3. The molecule has 0 amide bonds. The Morgan fingerprint density at radius 2 is 1.57 bits per heavy atom. The number of halogens is 1. The lowest BCUT2D eigenvalue weighted by atomic mass is 10.0. The third-order valence-corrected chi connectivity index (χ3v) is 5.66. The highest BCUT2D eigenvalue weighted by Gasteiger charge is 2.22. The van der Waals surface area contributed by atoms with Crippen LogP contribution in [0.1, 0.15) is 11.6 Å². The lowest BCUT2D eigenvalue weighted by molar-refractivity contribution is 0.228. The third kappa shape index (κ3) is 5.10. The fourth-order valence-corrected chi connectivity index (χ4v) is 3.96. The first-order valence-electron chi connectivity index (χ1n) is 11.2. The van der Waals surface area contributed by atoms with Crippen molar-refractivity contribution >= 4 is 0 Å². The van der Waals surface area contributed by atoms with Gasteiger partial charge < -0.3 is 14.4 Å². The highest BCUT2D eigenvalue weighted by Crippen LogP contribution is 2.34. The number of imidazole rings is 1. The van der Waals surface area contributed by atoms with Gasteiger partial charge in [-0.05, 0) is 54.4 Å². The summed E-state index contributed by atoms with van der Waals surface area (Å²) in [5.41, 5.74) is 3.72. The zero-order valence-electron chi connectivity index (χ0n) is 18.8. The predicted octanol–water partition coefficient (Wildman–Crippen LogP) is 5.71. The number of hydrogen-bond donors (Lipinski definition) is 1. The molecule has 35 heavy (non-hydrogen) atoms. The summed E-state index contributed by atoms with van der Waals surface area (Å²) in [4.78, 5) is 13.6. The topological polar surface area (TPSA) is 73.1 Å². The van der Waals surface area contributed by atoms with E-state index in [0.29, 0.717) is 29.3 Å². The molecule has 174 valence electrons. The maximum atomic E-state index is 13.6. The highest BCUT2D eigenvalue weighted by atomic mass is 19.1. The summed E-state index contributed by atoms with van der Waals surface area (Å²) >= 11 is 0. The largest absolute Gasteiger partial charge is 0.424 e. The summed E-state index contributed by atoms with van der Waals surface area (Å²) in [6.07, 6.45) is 3.91. The fraction of sp³-hybridized carbons (Fsp3) is 0.107. The Hall–Kier alpha value is -4.36. The molecule has 0 aliphatic heterocycles. The van der Waals surface area contributed by atoms with Gasteiger partial charge in [0.1, 0.15) is 11.6 Å². The second kappa shape index (κ2) is 10.3. The van der Waals surface area contributed by atoms with Crippen molar-refractivity contribution in [2.75, 3.05) is 6.61 Å². The SMILES string of the molecule is OC[C@H](Cc1ccccc1)n1cnc(-c2ccc(F)cc2)c1-c1ccnc(Oc2ccccc2)n1. The number of hydrogen-bond acceptors (Lipinski definition) is 5. The monoisotopic (exact) mass is 466 g/mol. The van der Waals surface area contributed by atoms with E-state index in [4.69, 9.17) is 4.74 Å². The summed E-state index contributed by atoms with van der Waals surface area (Å²) in [6.45, 7) is -0.0977. The molecule has 0 spiro atoms. The molecule has 0 bridgehead atoms. The molecule has 0 radical (unpaired) electrons. The molecule has 2 heterocycles. The van der Waals surface area contributed by atoms with Crippen LogP contribution in [0.15, 0.2) is 104 Å². The molecule has 7 heteroatoms. The maximum absolute atomic E-state index is 13.6. The molecule has 0 saturated heterocycles. The van der Waals surface area contributed by atoms with Crippen molar-refractivity contribution in [3.05, 3.63) is 115 Å². The minimum atomic E-state index is -0.326. The van der Waals surface area contributed by atoms with Crippen molar-refractivity contribution in [1.82, 2.24) is 19.5 Å². The van der Waals surface area contributed by atoms with E-state index in [-0.39, 0.29) is 24.5 Å². The quantitative estimate of drug-likeness (QED) is 0.317. The van der Waals surface area contributed by atoms with Gasteiger partial charge in [-0.15, -0.1) is 0 Å². The summed E-state index contributed by atoms with van der Waals surface area (Å²) in [7, 11) is 0. The standard InChI is InChI=1S/C28H23FN4O2/c29-22-13-11-21(12-14-22)26-27(25-15-16-30-28(32-25)35-24-9-5-2-6-10-24)33(19-31-26)23(18-34)17-20-7-3-1-4-8-20/h1-16,19,23,34H,17-18H2/t23-/m0/s1. The van der Waals surface area contributed by atoms with E-state index in [0.717, 1.165) is 11.1 Å². The van der Waals surface area contributed by atoms with Gasteiger partial charge in [0.15, 0.2) is 0 Å². The lowest BCUT2D eigenvalue weighted by Gasteiger charge is -2.20. The first-order valence-corrected chi connectivity index (χ1v) is 11.2. The Bertz CT molecular complexity index is 1390. The Morgan fingerprint density at radius 3 is 2.29 bits per heavy atom. The number of aliphatic hydroxyl groups excluding tert-OH is 1. The molecule has 3 aromatic carbocycles. The summed E-state index contributed by atoms with van der Waals surface area (Å²) in [5.74, 6) is 0.293. The van der Waals surface area contributed by atoms with Crippen LogP contribution >= 0.6 is 0 Å². The van der Waals surface area contributed by atoms with Gasteiger partial charge >= 0.3 is 6.01 Å². The number of benzene rings is 3. The molecule has 0 saturated carbocycles. The van der Waals surface area contributed by atoms with Crippen molar-refractivity contribution < 1.29 is 14.2 Å². The molecule has 0 aliphatic rings. The molecular formula is C28H23FN4O2. The molecule has 6 nitrogen and oxygen atoms in total. The molecule has 5 aromatic rings. The molecule has 0 fully saturated rings. The summed E-state index contributed by atoms with van der Waals surface area (Å²) < 4.78 is 21.4. The normalized spacial score (nSPS) is 11.8. The van der Waals surface area contributed by atoms with Crippen molar-refractivity contribution in [1.29, 1.82) is 0 Å². The predicted molar refractivity (Wildman–Crippen MR) is 131 cm³/mol. The number of nitrogens with zero attached hydrogens (tertiary/aromatic N) is 4. The Kier molecular flexibility index (Phi) is 6.59. The minimum absolute atomic E-state index is 0.0977. The van der Waals surface area contributed by atoms with Crippen LogP contribution in [0.4, 0.5) is 4.39 Å². The molecule has 0 unspecified atom stereocenters. The number of para-hydroxylation sites is 1. The van der Waals surface area contributed by atoms with Crippen molar-refractivity contribution in [3.63, 3.8) is 0 Å². The second-order valence-corrected chi connectivity index (χ2v) is 8.02. The van der Waals surface area contributed by atoms with E-state index in [1.165, 1.54) is 12.1 Å². The van der Waals surface area contributed by atoms with Crippen LogP contribution in [-0.2, 0) is 6.42 Å². The van der Waals surface area contributed by atoms with Gasteiger partial charge in [-0.3, -0.25) is 0 Å². The maximum Gasteiger partial charge on any atom is 0.322 e. The van der Waals surface area contributed by atoms with Crippen molar-refractivity contribution in [2.24, 2.45) is 0 Å². The van der Waals surface area contributed by atoms with E-state index >= 15 is 0 Å². The first kappa shape index (κ1) is 22.4. The Morgan fingerprint density at radius 1 is 0.857 bits per heavy atom. The van der Waals surface area contributed by atoms with Gasteiger partial charge in [0.2, 0.25) is 0 Å². The zero-order chi connectivity index (χ0) is 24.0. The van der Waals surface area contributed by atoms with Gasteiger partial charge in [0.25, 0.3) is 0 Å². The smallest absolute Gasteiger partial charge is 0.322 e. The Balaban J connectivity index is 1.59. The van der Waals surface area contributed by atoms with Gasteiger partial charge in [-0.2, -0.15) is 4.98 Å². The molecule has 0 aliphatic carbocycles. The van der Waals surface area contributed by atoms with E-state index in [9.17, 15) is 9.50 Å². The van der Waals surface area contributed by atoms with Crippen LogP contribution < -0.4 is 4.74 Å². The second-order valence-electron chi connectivity index (χ2n) is 8.02. The number of ether oxygens (including phenoxy) is 1. The van der Waals surface area contributed by atoms with Crippen LogP contribution in [-0.4, -0.2) is 31.2 Å². The molecule has 1 atom stereocenters. The van der Waals surface area contributed by atoms with E-state index in [2.05, 4.69) is 15.0 Å². The molecule has 2 aromatic heterocycles. The van der Waals surface area contributed by atoms with Crippen LogP contribution in [0.3, 0.4) is 0 Å². The van der Waals surface area contributed by atoms with Gasteiger partial charge in [-0.1, -0.05) is 48.5 Å². The lowest BCUT2D eigenvalue weighted by Crippen LogP contribution is -2.17. The van der Waals surface area contributed by atoms with Crippen LogP contribution in [0.5, 0.6) is 11.8 Å². The van der Waals surface area contributed by atoms with E-state index in [1.807, 2.05) is 65.2 Å². The van der Waals surface area contributed by atoms with Crippen LogP contribution in [0.2, 0.25) is 0 Å². The van der Waals surface area contributed by atoms with Crippen molar-refractivity contribution in [3.8, 4) is 34.4 Å². The van der Waals surface area contributed by atoms with E-state index in [1.54, 1.807) is 30.7 Å². The Labute approximate surface area is 202 Å². The van der Waals surface area contributed by atoms with E-state index < -0.39 is 0 Å². The average molecular weight is 467 g/mol.